The fourth-order valence-corrected chi connectivity index (χ4v) is 7.12. The van der Waals surface area contributed by atoms with Gasteiger partial charge in [-0.1, -0.05) is 55.5 Å². The number of carbonyl (C=O) groups is 2. The molecule has 266 valence electrons. The number of hydrogen-bond acceptors (Lipinski definition) is 5. The Kier molecular flexibility index (Phi) is 11.4. The van der Waals surface area contributed by atoms with Crippen molar-refractivity contribution in [3.05, 3.63) is 94.3 Å². The number of methoxy groups -OCH3 is 2. The number of primary amides is 1. The molecule has 0 atom stereocenters. The van der Waals surface area contributed by atoms with Gasteiger partial charge in [-0.15, -0.1) is 0 Å². The first kappa shape index (κ1) is 36.7. The molecule has 6 rings (SSSR count). The average Bonchev–Trinajstić information content (AvgIpc) is 3.06. The van der Waals surface area contributed by atoms with Crippen molar-refractivity contribution in [3.8, 4) is 22.6 Å². The summed E-state index contributed by atoms with van der Waals surface area (Å²) in [6.45, 7) is 6.93. The molecule has 0 radical (unpaired) electrons. The summed E-state index contributed by atoms with van der Waals surface area (Å²) >= 11 is 0. The molecule has 1 aliphatic carbocycles. The number of rotatable bonds is 10. The second-order valence-corrected chi connectivity index (χ2v) is 13.5. The number of likely N-dealkylation sites (tertiary alicyclic amines) is 1. The van der Waals surface area contributed by atoms with Gasteiger partial charge >= 0.3 is 5.97 Å². The van der Waals surface area contributed by atoms with Crippen molar-refractivity contribution in [1.82, 2.24) is 4.90 Å². The maximum Gasteiger partial charge on any atom is 0.303 e. The third kappa shape index (κ3) is 8.24. The molecule has 1 aliphatic heterocycles. The fourth-order valence-electron chi connectivity index (χ4n) is 7.12. The van der Waals surface area contributed by atoms with Gasteiger partial charge in [0.15, 0.2) is 0 Å². The molecule has 3 N–H and O–H groups in total. The normalized spacial score (nSPS) is 16.3. The smallest absolute Gasteiger partial charge is 0.303 e. The number of carbonyl (C=O) groups excluding carboxylic acids is 1. The molecule has 0 unspecified atom stereocenters. The maximum absolute atomic E-state index is 13.6. The highest BCUT2D eigenvalue weighted by atomic mass is 19.3. The fraction of sp³-hybridized carbons (Fsp3) is 0.400. The standard InChI is InChI=1S/C28H33NO4.C12H12F3NO/c1-19-14-16-29(17-15-19)18-21-10-12-25(32-2)27(28(21)33-3)24-9-5-7-22-20(11-13-26(30)31)6-4-8-23(22)24;1-6-2-7(8-4-12(14,15)5-8)3-9(13)10(6)11(16)17/h4-10,12,19H,11,13-18H2,1-3H3,(H,30,31);2-3,8H,4-5H2,1H3,(H2,16,17). The number of nitrogens with zero attached hydrogens (tertiary/aromatic N) is 1. The van der Waals surface area contributed by atoms with Crippen LogP contribution in [0.2, 0.25) is 0 Å². The molecule has 1 heterocycles. The van der Waals surface area contributed by atoms with E-state index in [2.05, 4.69) is 36.1 Å². The number of halogens is 3. The number of carboxylic acids is 1. The summed E-state index contributed by atoms with van der Waals surface area (Å²) in [4.78, 5) is 24.6. The highest BCUT2D eigenvalue weighted by molar-refractivity contribution is 6.01. The third-order valence-corrected chi connectivity index (χ3v) is 9.90. The molecule has 50 heavy (non-hydrogen) atoms. The molecule has 0 spiro atoms. The number of nitrogens with two attached hydrogens (primary N) is 1. The van der Waals surface area contributed by atoms with Crippen LogP contribution in [0.5, 0.6) is 11.5 Å². The Morgan fingerprint density at radius 1 is 0.960 bits per heavy atom. The summed E-state index contributed by atoms with van der Waals surface area (Å²) in [5, 5.41) is 11.3. The molecule has 2 aliphatic rings. The topological polar surface area (TPSA) is 102 Å². The van der Waals surface area contributed by atoms with E-state index < -0.39 is 23.6 Å². The number of piperidine rings is 1. The highest BCUT2D eigenvalue weighted by Gasteiger charge is 2.46. The molecule has 0 aromatic heterocycles. The van der Waals surface area contributed by atoms with E-state index in [4.69, 9.17) is 20.3 Å². The van der Waals surface area contributed by atoms with Gasteiger partial charge in [0, 0.05) is 31.4 Å². The molecule has 2 fully saturated rings. The summed E-state index contributed by atoms with van der Waals surface area (Å²) in [6, 6.07) is 19.1. The molecule has 7 nitrogen and oxygen atoms in total. The average molecular weight is 691 g/mol. The van der Waals surface area contributed by atoms with Crippen molar-refractivity contribution in [3.63, 3.8) is 0 Å². The summed E-state index contributed by atoms with van der Waals surface area (Å²) in [6.07, 6.45) is 2.54. The maximum atomic E-state index is 13.6. The highest BCUT2D eigenvalue weighted by Crippen LogP contribution is 2.49. The van der Waals surface area contributed by atoms with Crippen LogP contribution in [0.1, 0.15) is 77.6 Å². The van der Waals surface area contributed by atoms with E-state index in [1.807, 2.05) is 24.3 Å². The predicted molar refractivity (Wildman–Crippen MR) is 189 cm³/mol. The third-order valence-electron chi connectivity index (χ3n) is 9.90. The molecular formula is C40H45F3N2O5. The summed E-state index contributed by atoms with van der Waals surface area (Å²) in [5.41, 5.74) is 9.94. The van der Waals surface area contributed by atoms with E-state index in [-0.39, 0.29) is 30.7 Å². The zero-order valence-electron chi connectivity index (χ0n) is 29.0. The Morgan fingerprint density at radius 2 is 1.64 bits per heavy atom. The summed E-state index contributed by atoms with van der Waals surface area (Å²) in [5.74, 6) is -2.93. The van der Waals surface area contributed by atoms with E-state index in [0.717, 1.165) is 76.1 Å². The van der Waals surface area contributed by atoms with E-state index in [0.29, 0.717) is 17.5 Å². The van der Waals surface area contributed by atoms with Crippen molar-refractivity contribution in [2.75, 3.05) is 27.3 Å². The zero-order chi connectivity index (χ0) is 36.2. The van der Waals surface area contributed by atoms with Crippen molar-refractivity contribution < 1.29 is 37.3 Å². The minimum atomic E-state index is -2.64. The minimum absolute atomic E-state index is 0.111. The van der Waals surface area contributed by atoms with Crippen molar-refractivity contribution in [1.29, 1.82) is 0 Å². The van der Waals surface area contributed by atoms with Crippen LogP contribution in [0.15, 0.2) is 60.7 Å². The lowest BCUT2D eigenvalue weighted by molar-refractivity contribution is -0.136. The number of fused-ring (bicyclic) bond motifs is 1. The van der Waals surface area contributed by atoms with Gasteiger partial charge in [-0.05, 0) is 96.3 Å². The zero-order valence-corrected chi connectivity index (χ0v) is 29.0. The molecule has 1 saturated heterocycles. The first-order chi connectivity index (χ1) is 23.8. The Labute approximate surface area is 291 Å². The molecule has 0 bridgehead atoms. The number of ether oxygens (including phenoxy) is 2. The van der Waals surface area contributed by atoms with Gasteiger partial charge in [-0.25, -0.2) is 13.2 Å². The number of hydrogen-bond donors (Lipinski definition) is 2. The number of carboxylic acid groups (broad SMARTS) is 1. The lowest BCUT2D eigenvalue weighted by Gasteiger charge is -2.35. The van der Waals surface area contributed by atoms with Gasteiger partial charge in [0.05, 0.1) is 25.3 Å². The lowest BCUT2D eigenvalue weighted by atomic mass is 9.76. The quantitative estimate of drug-likeness (QED) is 0.173. The molecule has 4 aromatic carbocycles. The largest absolute Gasteiger partial charge is 0.496 e. The second-order valence-electron chi connectivity index (χ2n) is 13.5. The molecule has 1 amide bonds. The van der Waals surface area contributed by atoms with E-state index in [1.54, 1.807) is 27.2 Å². The van der Waals surface area contributed by atoms with Gasteiger partial charge in [-0.2, -0.15) is 0 Å². The van der Waals surface area contributed by atoms with Crippen LogP contribution < -0.4 is 15.2 Å². The van der Waals surface area contributed by atoms with Crippen LogP contribution in [0.4, 0.5) is 13.2 Å². The van der Waals surface area contributed by atoms with Gasteiger partial charge < -0.3 is 20.3 Å². The second kappa shape index (κ2) is 15.5. The minimum Gasteiger partial charge on any atom is -0.496 e. The monoisotopic (exact) mass is 690 g/mol. The summed E-state index contributed by atoms with van der Waals surface area (Å²) < 4.78 is 50.8. The number of alkyl halides is 2. The van der Waals surface area contributed by atoms with Crippen molar-refractivity contribution in [2.45, 2.75) is 70.8 Å². The Morgan fingerprint density at radius 3 is 2.24 bits per heavy atom. The predicted octanol–water partition coefficient (Wildman–Crippen LogP) is 8.52. The van der Waals surface area contributed by atoms with Crippen LogP contribution in [0.25, 0.3) is 21.9 Å². The van der Waals surface area contributed by atoms with Crippen LogP contribution in [-0.4, -0.2) is 55.1 Å². The van der Waals surface area contributed by atoms with Crippen LogP contribution >= 0.6 is 0 Å². The first-order valence-corrected chi connectivity index (χ1v) is 17.0. The van der Waals surface area contributed by atoms with Crippen molar-refractivity contribution in [2.24, 2.45) is 11.7 Å². The molecule has 4 aromatic rings. The molecular weight excluding hydrogens is 645 g/mol. The van der Waals surface area contributed by atoms with Gasteiger partial charge in [0.2, 0.25) is 5.92 Å². The lowest BCUT2D eigenvalue weighted by Crippen LogP contribution is -2.33. The van der Waals surface area contributed by atoms with Crippen molar-refractivity contribution >= 4 is 22.6 Å². The van der Waals surface area contributed by atoms with Crippen LogP contribution in [0, 0.1) is 18.7 Å². The number of aliphatic carboxylic acids is 1. The SMILES string of the molecule is COc1ccc(CN2CCC(C)CC2)c(OC)c1-c1cccc2c(CCC(=O)O)cccc12.Cc1cc(C2CC(F)(F)C2)cc(F)c1C(N)=O. The Bertz CT molecular complexity index is 1840. The van der Waals surface area contributed by atoms with Gasteiger partial charge in [0.25, 0.3) is 5.91 Å². The molecule has 10 heteroatoms. The van der Waals surface area contributed by atoms with Gasteiger partial charge in [0.1, 0.15) is 17.3 Å². The summed E-state index contributed by atoms with van der Waals surface area (Å²) in [7, 11) is 3.41. The van der Waals surface area contributed by atoms with E-state index in [1.165, 1.54) is 12.8 Å². The van der Waals surface area contributed by atoms with Crippen LogP contribution in [-0.2, 0) is 17.8 Å². The van der Waals surface area contributed by atoms with E-state index >= 15 is 0 Å². The Balaban J connectivity index is 0.000000240. The molecule has 1 saturated carbocycles. The first-order valence-electron chi connectivity index (χ1n) is 17.0. The number of benzene rings is 4. The van der Waals surface area contributed by atoms with Crippen LogP contribution in [0.3, 0.4) is 0 Å². The van der Waals surface area contributed by atoms with E-state index in [9.17, 15) is 22.8 Å². The Hall–Kier alpha value is -4.57. The number of amides is 1. The van der Waals surface area contributed by atoms with Gasteiger partial charge in [-0.3, -0.25) is 14.5 Å². The number of aryl methyl sites for hydroxylation is 2.